The van der Waals surface area contributed by atoms with Crippen molar-refractivity contribution in [3.05, 3.63) is 29.8 Å². The maximum Gasteiger partial charge on any atom is 0.336 e. The molecule has 9 nitrogen and oxygen atoms in total. The zero-order valence-corrected chi connectivity index (χ0v) is 16.0. The Labute approximate surface area is 166 Å². The van der Waals surface area contributed by atoms with Crippen molar-refractivity contribution in [3.8, 4) is 11.9 Å². The van der Waals surface area contributed by atoms with Gasteiger partial charge in [-0.2, -0.15) is 10.2 Å². The number of aromatic nitrogens is 4. The second-order valence-electron chi connectivity index (χ2n) is 7.29. The lowest BCUT2D eigenvalue weighted by Gasteiger charge is -2.49. The smallest absolute Gasteiger partial charge is 0.336 e. The zero-order chi connectivity index (χ0) is 21.0. The van der Waals surface area contributed by atoms with Gasteiger partial charge in [-0.15, -0.1) is 0 Å². The van der Waals surface area contributed by atoms with E-state index >= 15 is 0 Å². The number of ether oxygens (including phenoxy) is 1. The van der Waals surface area contributed by atoms with E-state index in [1.165, 1.54) is 12.5 Å². The molecule has 29 heavy (non-hydrogen) atoms. The summed E-state index contributed by atoms with van der Waals surface area (Å²) in [4.78, 5) is 15.1. The molecule has 0 unspecified atom stereocenters. The molecule has 1 fully saturated rings. The van der Waals surface area contributed by atoms with E-state index in [1.807, 2.05) is 19.9 Å². The number of anilines is 2. The summed E-state index contributed by atoms with van der Waals surface area (Å²) >= 11 is 0. The molecule has 2 aromatic heterocycles. The Bertz CT molecular complexity index is 904. The SMILES string of the molecule is CC1(C)[C@@H](O)C[C@H]1Nc1nc(NCc2c[nH+]cnc2OCC(F)F)ncc1C#N. The van der Waals surface area contributed by atoms with Crippen molar-refractivity contribution in [3.63, 3.8) is 0 Å². The number of hydrogen-bond acceptors (Lipinski definition) is 8. The summed E-state index contributed by atoms with van der Waals surface area (Å²) in [7, 11) is 0. The van der Waals surface area contributed by atoms with Gasteiger partial charge in [-0.25, -0.2) is 18.7 Å². The molecule has 2 heterocycles. The van der Waals surface area contributed by atoms with Crippen LogP contribution in [0, 0.1) is 16.7 Å². The van der Waals surface area contributed by atoms with Gasteiger partial charge in [-0.3, -0.25) is 0 Å². The average Bonchev–Trinajstić information content (AvgIpc) is 2.71. The summed E-state index contributed by atoms with van der Waals surface area (Å²) < 4.78 is 29.8. The first-order valence-electron chi connectivity index (χ1n) is 9.02. The summed E-state index contributed by atoms with van der Waals surface area (Å²) in [5, 5.41) is 25.4. The fourth-order valence-electron chi connectivity index (χ4n) is 2.92. The molecule has 0 spiro atoms. The first kappa shape index (κ1) is 20.6. The number of aliphatic hydroxyl groups is 1. The van der Waals surface area contributed by atoms with Crippen LogP contribution in [0.2, 0.25) is 0 Å². The van der Waals surface area contributed by atoms with Crippen LogP contribution in [-0.2, 0) is 6.54 Å². The number of halogens is 2. The number of nitrogens with one attached hydrogen (secondary N) is 3. The van der Waals surface area contributed by atoms with Gasteiger partial charge in [0.05, 0.1) is 24.4 Å². The minimum Gasteiger partial charge on any atom is -0.453 e. The van der Waals surface area contributed by atoms with Crippen LogP contribution in [0.1, 0.15) is 31.4 Å². The highest BCUT2D eigenvalue weighted by molar-refractivity contribution is 5.54. The van der Waals surface area contributed by atoms with E-state index in [9.17, 15) is 19.1 Å². The summed E-state index contributed by atoms with van der Waals surface area (Å²) in [6.07, 6.45) is 1.83. The average molecular weight is 406 g/mol. The normalized spacial score (nSPS) is 19.9. The Morgan fingerprint density at radius 2 is 2.24 bits per heavy atom. The monoisotopic (exact) mass is 406 g/mol. The fourth-order valence-corrected chi connectivity index (χ4v) is 2.92. The molecule has 0 saturated heterocycles. The third-order valence-electron chi connectivity index (χ3n) is 5.01. The first-order chi connectivity index (χ1) is 13.8. The number of nitrogens with zero attached hydrogens (tertiary/aromatic N) is 4. The van der Waals surface area contributed by atoms with Crippen LogP contribution in [0.4, 0.5) is 20.5 Å². The van der Waals surface area contributed by atoms with E-state index < -0.39 is 19.1 Å². The van der Waals surface area contributed by atoms with Crippen molar-refractivity contribution < 1.29 is 23.6 Å². The van der Waals surface area contributed by atoms with E-state index in [2.05, 4.69) is 30.6 Å². The second kappa shape index (κ2) is 8.48. The standard InChI is InChI=1S/C18H21F2N7O2/c1-18(2)12(3-13(18)28)26-15-10(4-21)6-23-17(27-15)24-7-11-5-22-9-25-16(11)29-8-14(19)20/h5-6,9,12-14,28H,3,7-8H2,1-2H3,(H2,23,24,26,27)/p+1/t12-,13+/m1/s1. The first-order valence-corrected chi connectivity index (χ1v) is 9.02. The third kappa shape index (κ3) is 4.65. The molecule has 0 amide bonds. The molecule has 3 rings (SSSR count). The van der Waals surface area contributed by atoms with Crippen molar-refractivity contribution in [2.75, 3.05) is 17.2 Å². The quantitative estimate of drug-likeness (QED) is 0.600. The van der Waals surface area contributed by atoms with Gasteiger partial charge in [0.25, 0.3) is 12.8 Å². The van der Waals surface area contributed by atoms with E-state index in [0.717, 1.165) is 0 Å². The summed E-state index contributed by atoms with van der Waals surface area (Å²) in [5.41, 5.74) is 0.454. The van der Waals surface area contributed by atoms with Crippen molar-refractivity contribution in [2.45, 2.75) is 45.4 Å². The molecule has 1 saturated carbocycles. The van der Waals surface area contributed by atoms with E-state index in [4.69, 9.17) is 4.74 Å². The van der Waals surface area contributed by atoms with Crippen molar-refractivity contribution in [2.24, 2.45) is 5.41 Å². The lowest BCUT2D eigenvalue weighted by atomic mass is 9.64. The molecule has 0 aliphatic heterocycles. The van der Waals surface area contributed by atoms with Crippen LogP contribution in [0.3, 0.4) is 0 Å². The molecule has 0 radical (unpaired) electrons. The van der Waals surface area contributed by atoms with Gasteiger partial charge in [0.2, 0.25) is 5.95 Å². The van der Waals surface area contributed by atoms with Gasteiger partial charge >= 0.3 is 5.88 Å². The van der Waals surface area contributed by atoms with Crippen molar-refractivity contribution in [1.29, 1.82) is 5.26 Å². The van der Waals surface area contributed by atoms with Gasteiger partial charge in [-0.05, 0) is 11.4 Å². The Balaban J connectivity index is 1.70. The van der Waals surface area contributed by atoms with Gasteiger partial charge in [0.1, 0.15) is 23.6 Å². The Kier molecular flexibility index (Phi) is 6.03. The minimum atomic E-state index is -2.61. The third-order valence-corrected chi connectivity index (χ3v) is 5.01. The molecule has 4 N–H and O–H groups in total. The second-order valence-corrected chi connectivity index (χ2v) is 7.29. The maximum atomic E-state index is 12.4. The molecular weight excluding hydrogens is 384 g/mol. The molecule has 11 heteroatoms. The van der Waals surface area contributed by atoms with Crippen LogP contribution in [0.25, 0.3) is 0 Å². The highest BCUT2D eigenvalue weighted by Crippen LogP contribution is 2.42. The number of rotatable bonds is 8. The van der Waals surface area contributed by atoms with Gasteiger partial charge < -0.3 is 20.5 Å². The summed E-state index contributed by atoms with van der Waals surface area (Å²) in [5.74, 6) is 0.684. The Hall–Kier alpha value is -3.13. The molecule has 2 atom stereocenters. The van der Waals surface area contributed by atoms with Gasteiger partial charge in [0, 0.05) is 11.5 Å². The highest BCUT2D eigenvalue weighted by Gasteiger charge is 2.47. The predicted octanol–water partition coefficient (Wildman–Crippen LogP) is 1.38. The molecular formula is C18H22F2N7O2+. The molecule has 154 valence electrons. The lowest BCUT2D eigenvalue weighted by Crippen LogP contribution is -2.57. The molecule has 1 aliphatic rings. The van der Waals surface area contributed by atoms with E-state index in [0.29, 0.717) is 17.8 Å². The molecule has 2 aromatic rings. The van der Waals surface area contributed by atoms with Crippen molar-refractivity contribution in [1.82, 2.24) is 15.0 Å². The number of nitriles is 1. The van der Waals surface area contributed by atoms with Gasteiger partial charge in [0.15, 0.2) is 6.61 Å². The lowest BCUT2D eigenvalue weighted by molar-refractivity contribution is -0.383. The highest BCUT2D eigenvalue weighted by atomic mass is 19.3. The van der Waals surface area contributed by atoms with Crippen LogP contribution in [0.5, 0.6) is 5.88 Å². The number of H-pyrrole nitrogens is 1. The Morgan fingerprint density at radius 3 is 2.90 bits per heavy atom. The van der Waals surface area contributed by atoms with Crippen LogP contribution >= 0.6 is 0 Å². The number of hydrogen-bond donors (Lipinski definition) is 3. The van der Waals surface area contributed by atoms with Crippen LogP contribution in [-0.4, -0.2) is 45.2 Å². The summed E-state index contributed by atoms with van der Waals surface area (Å²) in [6, 6.07) is 2.01. The number of alkyl halides is 2. The fraction of sp³-hybridized carbons (Fsp3) is 0.500. The van der Waals surface area contributed by atoms with E-state index in [1.54, 1.807) is 6.20 Å². The topological polar surface area (TPSA) is 130 Å². The number of aromatic amines is 1. The largest absolute Gasteiger partial charge is 0.453 e. The minimum absolute atomic E-state index is 0.0328. The van der Waals surface area contributed by atoms with Crippen LogP contribution in [0.15, 0.2) is 18.7 Å². The predicted molar refractivity (Wildman–Crippen MR) is 98.2 cm³/mol. The van der Waals surface area contributed by atoms with Crippen LogP contribution < -0.4 is 20.4 Å². The van der Waals surface area contributed by atoms with Gasteiger partial charge in [-0.1, -0.05) is 13.8 Å². The zero-order valence-electron chi connectivity index (χ0n) is 16.0. The molecule has 0 bridgehead atoms. The number of aliphatic hydroxyl groups excluding tert-OH is 1. The van der Waals surface area contributed by atoms with E-state index in [-0.39, 0.29) is 35.4 Å². The molecule has 1 aliphatic carbocycles. The molecule has 0 aromatic carbocycles. The Morgan fingerprint density at radius 1 is 1.45 bits per heavy atom. The summed E-state index contributed by atoms with van der Waals surface area (Å²) in [6.45, 7) is 3.28. The van der Waals surface area contributed by atoms with Crippen molar-refractivity contribution >= 4 is 11.8 Å². The maximum absolute atomic E-state index is 12.4.